The van der Waals surface area contributed by atoms with E-state index in [2.05, 4.69) is 10.2 Å². The fourth-order valence-corrected chi connectivity index (χ4v) is 1.12. The molecule has 3 nitrogen and oxygen atoms in total. The van der Waals surface area contributed by atoms with Crippen molar-refractivity contribution in [3.8, 4) is 0 Å². The summed E-state index contributed by atoms with van der Waals surface area (Å²) in [5.41, 5.74) is 1.56. The zero-order valence-electron chi connectivity index (χ0n) is 6.61. The van der Waals surface area contributed by atoms with Gasteiger partial charge in [-0.15, -0.1) is 0 Å². The number of rotatable bonds is 1. The fourth-order valence-electron chi connectivity index (χ4n) is 1.04. The van der Waals surface area contributed by atoms with Gasteiger partial charge in [0.05, 0.1) is 0 Å². The number of fused-ring (bicyclic) bond motifs is 1. The molecule has 62 valence electrons. The molecule has 0 fully saturated rings. The van der Waals surface area contributed by atoms with Crippen LogP contribution in [0.2, 0.25) is 0 Å². The molecule has 0 saturated heterocycles. The molecule has 0 aliphatic carbocycles. The first-order valence-electron chi connectivity index (χ1n) is 3.73. The summed E-state index contributed by atoms with van der Waals surface area (Å²) in [5.74, 6) is 0. The summed E-state index contributed by atoms with van der Waals surface area (Å²) >= 11 is 5.81. The maximum atomic E-state index is 5.81. The van der Waals surface area contributed by atoms with Crippen molar-refractivity contribution in [2.45, 2.75) is 12.4 Å². The number of hydrogen-bond acceptors (Lipinski definition) is 2. The van der Waals surface area contributed by atoms with Gasteiger partial charge in [-0.1, -0.05) is 23.7 Å². The molecular formula is C8H8ClN3. The smallest absolute Gasteiger partial charge is 0.142 e. The van der Waals surface area contributed by atoms with Crippen LogP contribution in [0.4, 0.5) is 0 Å². The molecule has 0 saturated carbocycles. The lowest BCUT2D eigenvalue weighted by Gasteiger charge is -1.97. The molecule has 0 aliphatic rings. The molecule has 4 heteroatoms. The number of aromatic nitrogens is 3. The number of alkyl halides is 1. The van der Waals surface area contributed by atoms with Crippen LogP contribution in [0.15, 0.2) is 24.3 Å². The second-order valence-electron chi connectivity index (χ2n) is 2.58. The maximum absolute atomic E-state index is 5.81. The SMILES string of the molecule is CC(Cl)n1nc2ccccc2n1. The van der Waals surface area contributed by atoms with Crippen molar-refractivity contribution < 1.29 is 0 Å². The molecular weight excluding hydrogens is 174 g/mol. The van der Waals surface area contributed by atoms with Crippen LogP contribution in [0, 0.1) is 0 Å². The molecule has 1 unspecified atom stereocenters. The predicted molar refractivity (Wildman–Crippen MR) is 48.1 cm³/mol. The van der Waals surface area contributed by atoms with Gasteiger partial charge in [-0.2, -0.15) is 15.0 Å². The Balaban J connectivity index is 2.62. The number of nitrogens with zero attached hydrogens (tertiary/aromatic N) is 3. The van der Waals surface area contributed by atoms with Crippen molar-refractivity contribution in [2.75, 3.05) is 0 Å². The molecule has 0 spiro atoms. The van der Waals surface area contributed by atoms with Crippen molar-refractivity contribution in [1.82, 2.24) is 15.0 Å². The van der Waals surface area contributed by atoms with Gasteiger partial charge in [0.2, 0.25) is 0 Å². The van der Waals surface area contributed by atoms with E-state index in [0.29, 0.717) is 0 Å². The highest BCUT2D eigenvalue weighted by Crippen LogP contribution is 2.12. The summed E-state index contributed by atoms with van der Waals surface area (Å²) in [7, 11) is 0. The number of halogens is 1. The Morgan fingerprint density at radius 3 is 2.17 bits per heavy atom. The van der Waals surface area contributed by atoms with E-state index in [1.807, 2.05) is 31.2 Å². The average molecular weight is 182 g/mol. The second-order valence-corrected chi connectivity index (χ2v) is 3.21. The van der Waals surface area contributed by atoms with Gasteiger partial charge >= 0.3 is 0 Å². The fraction of sp³-hybridized carbons (Fsp3) is 0.250. The Kier molecular flexibility index (Phi) is 1.73. The van der Waals surface area contributed by atoms with Crippen LogP contribution in [0.1, 0.15) is 12.4 Å². The lowest BCUT2D eigenvalue weighted by Crippen LogP contribution is -2.01. The Morgan fingerprint density at radius 2 is 1.75 bits per heavy atom. The first-order chi connectivity index (χ1) is 5.77. The van der Waals surface area contributed by atoms with Crippen molar-refractivity contribution in [3.63, 3.8) is 0 Å². The highest BCUT2D eigenvalue weighted by atomic mass is 35.5. The van der Waals surface area contributed by atoms with Crippen molar-refractivity contribution in [2.24, 2.45) is 0 Å². The van der Waals surface area contributed by atoms with Crippen LogP contribution < -0.4 is 0 Å². The van der Waals surface area contributed by atoms with Gasteiger partial charge in [0.1, 0.15) is 16.5 Å². The molecule has 0 bridgehead atoms. The molecule has 2 rings (SSSR count). The van der Waals surface area contributed by atoms with Crippen LogP contribution in [0.25, 0.3) is 11.0 Å². The van der Waals surface area contributed by atoms with Crippen molar-refractivity contribution in [3.05, 3.63) is 24.3 Å². The summed E-state index contributed by atoms with van der Waals surface area (Å²) in [6, 6.07) is 7.69. The molecule has 1 heterocycles. The third-order valence-electron chi connectivity index (χ3n) is 1.62. The van der Waals surface area contributed by atoms with E-state index in [9.17, 15) is 0 Å². The van der Waals surface area contributed by atoms with Crippen molar-refractivity contribution in [1.29, 1.82) is 0 Å². The summed E-state index contributed by atoms with van der Waals surface area (Å²) in [4.78, 5) is 1.51. The van der Waals surface area contributed by atoms with E-state index in [-0.39, 0.29) is 5.50 Å². The third-order valence-corrected chi connectivity index (χ3v) is 1.79. The van der Waals surface area contributed by atoms with Gasteiger partial charge < -0.3 is 0 Å². The lowest BCUT2D eigenvalue weighted by atomic mass is 10.3. The van der Waals surface area contributed by atoms with Crippen molar-refractivity contribution >= 4 is 22.6 Å². The van der Waals surface area contributed by atoms with E-state index in [1.165, 1.54) is 4.80 Å². The van der Waals surface area contributed by atoms with Gasteiger partial charge in [0.25, 0.3) is 0 Å². The van der Waals surface area contributed by atoms with Crippen LogP contribution in [-0.2, 0) is 0 Å². The van der Waals surface area contributed by atoms with Gasteiger partial charge in [-0.05, 0) is 19.1 Å². The van der Waals surface area contributed by atoms with Gasteiger partial charge in [0.15, 0.2) is 0 Å². The largest absolute Gasteiger partial charge is 0.166 e. The average Bonchev–Trinajstić information content (AvgIpc) is 2.46. The molecule has 2 aromatic rings. The van der Waals surface area contributed by atoms with E-state index in [0.717, 1.165) is 11.0 Å². The Labute approximate surface area is 74.9 Å². The Hall–Kier alpha value is -1.09. The minimum atomic E-state index is -0.197. The first-order valence-corrected chi connectivity index (χ1v) is 4.16. The summed E-state index contributed by atoms with van der Waals surface area (Å²) < 4.78 is 0. The standard InChI is InChI=1S/C8H8ClN3/c1-6(9)12-10-7-4-2-3-5-8(7)11-12/h2-6H,1H3. The zero-order valence-corrected chi connectivity index (χ0v) is 7.36. The van der Waals surface area contributed by atoms with E-state index in [1.54, 1.807) is 0 Å². The molecule has 1 aromatic heterocycles. The van der Waals surface area contributed by atoms with Crippen LogP contribution in [0.5, 0.6) is 0 Å². The molecule has 1 atom stereocenters. The molecule has 0 amide bonds. The first kappa shape index (κ1) is 7.55. The molecule has 12 heavy (non-hydrogen) atoms. The summed E-state index contributed by atoms with van der Waals surface area (Å²) in [6.07, 6.45) is 0. The minimum Gasteiger partial charge on any atom is -0.166 e. The zero-order chi connectivity index (χ0) is 8.55. The van der Waals surface area contributed by atoms with Gasteiger partial charge in [-0.25, -0.2) is 0 Å². The monoisotopic (exact) mass is 181 g/mol. The minimum absolute atomic E-state index is 0.197. The van der Waals surface area contributed by atoms with Crippen LogP contribution in [-0.4, -0.2) is 15.0 Å². The van der Waals surface area contributed by atoms with E-state index in [4.69, 9.17) is 11.6 Å². The van der Waals surface area contributed by atoms with E-state index >= 15 is 0 Å². The molecule has 0 radical (unpaired) electrons. The predicted octanol–water partition coefficient (Wildman–Crippen LogP) is 2.19. The normalized spacial score (nSPS) is 13.5. The highest BCUT2D eigenvalue weighted by Gasteiger charge is 2.04. The number of hydrogen-bond donors (Lipinski definition) is 0. The molecule has 0 aliphatic heterocycles. The van der Waals surface area contributed by atoms with Gasteiger partial charge in [-0.3, -0.25) is 0 Å². The quantitative estimate of drug-likeness (QED) is 0.632. The van der Waals surface area contributed by atoms with E-state index < -0.39 is 0 Å². The molecule has 1 aromatic carbocycles. The van der Waals surface area contributed by atoms with Crippen LogP contribution in [0.3, 0.4) is 0 Å². The highest BCUT2D eigenvalue weighted by molar-refractivity contribution is 6.18. The van der Waals surface area contributed by atoms with Gasteiger partial charge in [0, 0.05) is 0 Å². The third kappa shape index (κ3) is 1.16. The lowest BCUT2D eigenvalue weighted by molar-refractivity contribution is 0.556. The van der Waals surface area contributed by atoms with Crippen LogP contribution >= 0.6 is 11.6 Å². The Morgan fingerprint density at radius 1 is 1.25 bits per heavy atom. The maximum Gasteiger partial charge on any atom is 0.142 e. The second kappa shape index (κ2) is 2.75. The summed E-state index contributed by atoms with van der Waals surface area (Å²) in [5, 5.41) is 8.37. The topological polar surface area (TPSA) is 30.7 Å². The Bertz CT molecular complexity index is 361. The summed E-state index contributed by atoms with van der Waals surface area (Å²) in [6.45, 7) is 1.83. The molecule has 0 N–H and O–H groups in total. The number of benzene rings is 1.